The number of benzene rings is 2. The van der Waals surface area contributed by atoms with Crippen LogP contribution in [0.2, 0.25) is 5.04 Å². The predicted octanol–water partition coefficient (Wildman–Crippen LogP) is 3.94. The van der Waals surface area contributed by atoms with Crippen LogP contribution in [0.5, 0.6) is 6.01 Å². The molecule has 0 aliphatic carbocycles. The molecule has 3 aromatic rings. The smallest absolute Gasteiger partial charge is 0.322 e. The fraction of sp³-hybridized carbons (Fsp3) is 0.543. The molecule has 48 heavy (non-hydrogen) atoms. The van der Waals surface area contributed by atoms with Gasteiger partial charge in [0, 0.05) is 12.6 Å². The van der Waals surface area contributed by atoms with Crippen LogP contribution < -0.4 is 25.5 Å². The van der Waals surface area contributed by atoms with E-state index in [9.17, 15) is 9.60 Å². The Kier molecular flexibility index (Phi) is 10.3. The lowest BCUT2D eigenvalue weighted by molar-refractivity contribution is -0.00552. The number of nitrogens with zero attached hydrogens (tertiary/aromatic N) is 5. The maximum atomic E-state index is 14.2. The average molecular weight is 680 g/mol. The van der Waals surface area contributed by atoms with Crippen molar-refractivity contribution in [1.82, 2.24) is 25.3 Å². The largest absolute Gasteiger partial charge is 0.459 e. The van der Waals surface area contributed by atoms with Gasteiger partial charge >= 0.3 is 6.01 Å². The molecule has 2 aliphatic heterocycles. The lowest BCUT2D eigenvalue weighted by Gasteiger charge is -2.49. The Hall–Kier alpha value is -3.49. The zero-order valence-electron chi connectivity index (χ0n) is 29.3. The zero-order chi connectivity index (χ0) is 34.9. The summed E-state index contributed by atoms with van der Waals surface area (Å²) in [5, 5.41) is 20.0. The van der Waals surface area contributed by atoms with Gasteiger partial charge in [-0.1, -0.05) is 81.4 Å². The van der Waals surface area contributed by atoms with Crippen molar-refractivity contribution >= 4 is 30.5 Å². The van der Waals surface area contributed by atoms with Crippen LogP contribution in [0.1, 0.15) is 60.7 Å². The molecule has 3 N–H and O–H groups in total. The first-order valence-electron chi connectivity index (χ1n) is 16.5. The highest BCUT2D eigenvalue weighted by Crippen LogP contribution is 2.41. The van der Waals surface area contributed by atoms with E-state index in [1.54, 1.807) is 0 Å². The van der Waals surface area contributed by atoms with Crippen molar-refractivity contribution in [1.29, 1.82) is 5.41 Å². The van der Waals surface area contributed by atoms with Crippen molar-refractivity contribution in [2.45, 2.75) is 89.4 Å². The summed E-state index contributed by atoms with van der Waals surface area (Å²) in [5.74, 6) is -0.255. The minimum atomic E-state index is -3.00. The zero-order valence-corrected chi connectivity index (χ0v) is 30.3. The molecule has 2 fully saturated rings. The Morgan fingerprint density at radius 3 is 2.17 bits per heavy atom. The predicted molar refractivity (Wildman–Crippen MR) is 187 cm³/mol. The fourth-order valence-electron chi connectivity index (χ4n) is 7.05. The van der Waals surface area contributed by atoms with E-state index in [0.29, 0.717) is 32.7 Å². The van der Waals surface area contributed by atoms with Gasteiger partial charge in [-0.25, -0.2) is 9.87 Å². The summed E-state index contributed by atoms with van der Waals surface area (Å²) in [4.78, 5) is 17.7. The SMILES string of the molecule is C[C@H](Oc1nc(C(=N)NO)nc(N2CC(C)(O[Si](c3ccccc3)(c3ccccc3)C(C)(C)C)COCC2(C)C)n1)[C@@H]1C[C@@H](F)CN1C. The van der Waals surface area contributed by atoms with E-state index >= 15 is 0 Å². The first-order chi connectivity index (χ1) is 22.6. The number of aromatic nitrogens is 3. The van der Waals surface area contributed by atoms with E-state index in [0.717, 1.165) is 10.4 Å². The monoisotopic (exact) mass is 679 g/mol. The quantitative estimate of drug-likeness (QED) is 0.132. The van der Waals surface area contributed by atoms with Crippen molar-refractivity contribution in [2.75, 3.05) is 38.3 Å². The summed E-state index contributed by atoms with van der Waals surface area (Å²) in [7, 11) is -1.13. The lowest BCUT2D eigenvalue weighted by Crippen LogP contribution is -2.71. The summed E-state index contributed by atoms with van der Waals surface area (Å²) < 4.78 is 34.5. The lowest BCUT2D eigenvalue weighted by atomic mass is 10.0. The topological polar surface area (TPSA) is 129 Å². The van der Waals surface area contributed by atoms with E-state index in [1.807, 2.05) is 55.2 Å². The third-order valence-electron chi connectivity index (χ3n) is 9.46. The van der Waals surface area contributed by atoms with Crippen LogP contribution in [0.4, 0.5) is 10.3 Å². The summed E-state index contributed by atoms with van der Waals surface area (Å²) in [5.41, 5.74) is 0.391. The molecule has 1 aromatic heterocycles. The Labute approximate surface area is 284 Å². The van der Waals surface area contributed by atoms with Gasteiger partial charge in [0.1, 0.15) is 12.3 Å². The van der Waals surface area contributed by atoms with Gasteiger partial charge in [-0.2, -0.15) is 15.0 Å². The summed E-state index contributed by atoms with van der Waals surface area (Å²) in [6.45, 7) is 16.1. The van der Waals surface area contributed by atoms with Gasteiger partial charge in [0.05, 0.1) is 30.9 Å². The van der Waals surface area contributed by atoms with E-state index < -0.39 is 37.6 Å². The molecule has 5 rings (SSSR count). The number of rotatable bonds is 9. The molecule has 3 heterocycles. The van der Waals surface area contributed by atoms with Crippen molar-refractivity contribution in [3.8, 4) is 6.01 Å². The molecule has 0 amide bonds. The van der Waals surface area contributed by atoms with Crippen molar-refractivity contribution in [3.05, 3.63) is 66.5 Å². The van der Waals surface area contributed by atoms with Crippen LogP contribution in [0, 0.1) is 5.41 Å². The molecule has 13 heteroatoms. The Balaban J connectivity index is 1.58. The van der Waals surface area contributed by atoms with E-state index in [1.165, 1.54) is 0 Å². The molecular weight excluding hydrogens is 630 g/mol. The molecule has 4 atom stereocenters. The molecule has 2 aliphatic rings. The fourth-order valence-corrected chi connectivity index (χ4v) is 11.8. The minimum absolute atomic E-state index is 0.0196. The second kappa shape index (κ2) is 13.8. The number of alkyl halides is 1. The van der Waals surface area contributed by atoms with Crippen molar-refractivity contribution in [2.24, 2.45) is 0 Å². The average Bonchev–Trinajstić information content (AvgIpc) is 3.33. The number of halogens is 1. The van der Waals surface area contributed by atoms with Gasteiger partial charge in [-0.3, -0.25) is 15.5 Å². The molecule has 260 valence electrons. The summed E-state index contributed by atoms with van der Waals surface area (Å²) in [6, 6.07) is 20.8. The van der Waals surface area contributed by atoms with Crippen LogP contribution in [-0.2, 0) is 9.16 Å². The highest BCUT2D eigenvalue weighted by Gasteiger charge is 2.55. The van der Waals surface area contributed by atoms with Crippen LogP contribution >= 0.6 is 0 Å². The molecule has 0 saturated carbocycles. The number of ether oxygens (including phenoxy) is 2. The highest BCUT2D eigenvalue weighted by molar-refractivity contribution is 6.99. The number of anilines is 1. The number of hydrogen-bond acceptors (Lipinski definition) is 10. The van der Waals surface area contributed by atoms with Crippen LogP contribution in [0.3, 0.4) is 0 Å². The normalized spacial score (nSPS) is 24.2. The summed E-state index contributed by atoms with van der Waals surface area (Å²) >= 11 is 0. The Bertz CT molecular complexity index is 1520. The molecule has 0 spiro atoms. The second-order valence-electron chi connectivity index (χ2n) is 15.0. The van der Waals surface area contributed by atoms with Gasteiger partial charge in [0.2, 0.25) is 11.8 Å². The minimum Gasteiger partial charge on any atom is -0.459 e. The maximum Gasteiger partial charge on any atom is 0.322 e. The van der Waals surface area contributed by atoms with Gasteiger partial charge in [0.25, 0.3) is 8.32 Å². The number of likely N-dealkylation sites (N-methyl/N-ethyl adjacent to an activating group) is 1. The van der Waals surface area contributed by atoms with Gasteiger partial charge < -0.3 is 18.8 Å². The summed E-state index contributed by atoms with van der Waals surface area (Å²) in [6.07, 6.45) is -1.04. The number of hydroxylamine groups is 1. The van der Waals surface area contributed by atoms with Gasteiger partial charge in [0.15, 0.2) is 5.84 Å². The number of hydrogen-bond donors (Lipinski definition) is 3. The third kappa shape index (κ3) is 7.25. The van der Waals surface area contributed by atoms with Gasteiger partial charge in [-0.15, -0.1) is 0 Å². The molecule has 11 nitrogen and oxygen atoms in total. The second-order valence-corrected chi connectivity index (χ2v) is 19.2. The maximum absolute atomic E-state index is 14.2. The van der Waals surface area contributed by atoms with Crippen LogP contribution in [-0.4, -0.2) is 102 Å². The molecule has 2 saturated heterocycles. The standard InChI is InChI=1S/C35H50FN7O4Si/c1-24(28-19-25(36)20-42(28)8)46-32-39-30(29(37)41-44)38-31(40-32)43-21-35(7,23-45-22-34(43,5)6)47-48(33(2,3)4,26-15-11-9-12-16-26)27-17-13-10-14-18-27/h9-18,24-25,28,44H,19-23H2,1-8H3,(H2,37,41)/t24-,25+,28-,35?/m0/s1. The number of nitrogens with one attached hydrogen (secondary N) is 2. The molecule has 0 radical (unpaired) electrons. The highest BCUT2D eigenvalue weighted by atomic mass is 28.4. The van der Waals surface area contributed by atoms with Crippen LogP contribution in [0.25, 0.3) is 0 Å². The molecule has 0 bridgehead atoms. The Morgan fingerprint density at radius 1 is 1.04 bits per heavy atom. The molecule has 1 unspecified atom stereocenters. The van der Waals surface area contributed by atoms with E-state index in [2.05, 4.69) is 86.2 Å². The number of amidine groups is 1. The van der Waals surface area contributed by atoms with Crippen molar-refractivity contribution in [3.63, 3.8) is 0 Å². The van der Waals surface area contributed by atoms with Gasteiger partial charge in [-0.05, 0) is 56.6 Å². The van der Waals surface area contributed by atoms with Crippen molar-refractivity contribution < 1.29 is 23.5 Å². The number of likely N-dealkylation sites (tertiary alicyclic amines) is 1. The molecular formula is C35H50FN7O4Si. The van der Waals surface area contributed by atoms with E-state index in [4.69, 9.17) is 24.3 Å². The third-order valence-corrected chi connectivity index (χ3v) is 14.7. The van der Waals surface area contributed by atoms with E-state index in [-0.39, 0.29) is 28.9 Å². The van der Waals surface area contributed by atoms with Crippen LogP contribution in [0.15, 0.2) is 60.7 Å². The molecule has 2 aromatic carbocycles. The first kappa shape index (κ1) is 35.8. The first-order valence-corrected chi connectivity index (χ1v) is 18.4. The Morgan fingerprint density at radius 2 is 1.65 bits per heavy atom.